The minimum absolute atomic E-state index is 0.141. The number of hydrogen-bond acceptors (Lipinski definition) is 12. The van der Waals surface area contributed by atoms with Crippen molar-refractivity contribution in [2.75, 3.05) is 27.3 Å². The molecule has 0 spiro atoms. The molecule has 1 heterocycles. The number of pyridine rings is 1. The number of aliphatic carboxylic acids is 1. The van der Waals surface area contributed by atoms with Crippen LogP contribution in [0.25, 0.3) is 0 Å². The zero-order valence-corrected chi connectivity index (χ0v) is 29.4. The monoisotopic (exact) mass is 683 g/mol. The molecule has 272 valence electrons. The average Bonchev–Trinajstić information content (AvgIpc) is 2.98. The van der Waals surface area contributed by atoms with Gasteiger partial charge in [0.25, 0.3) is 5.91 Å². The van der Waals surface area contributed by atoms with Crippen molar-refractivity contribution in [1.29, 1.82) is 0 Å². The highest BCUT2D eigenvalue weighted by molar-refractivity contribution is 5.96. The predicted octanol–water partition coefficient (Wildman–Crippen LogP) is 3.10. The second-order valence-corrected chi connectivity index (χ2v) is 11.8. The fourth-order valence-electron chi connectivity index (χ4n) is 3.03. The number of ether oxygens (including phenoxy) is 4. The van der Waals surface area contributed by atoms with E-state index in [0.29, 0.717) is 12.0 Å². The van der Waals surface area contributed by atoms with E-state index < -0.39 is 59.3 Å². The fraction of sp³-hybridized carbons (Fsp3) is 0.594. The SMILES string of the molecule is CC/C=C\CC(=O)O.COC(=O)C(CCNC(=O)OC(C)(C)C)NC(=O)c1cccnc1.COC(=O)C(N)CCNC(=O)OC(C)(C)C. The zero-order chi connectivity index (χ0) is 37.3. The fourth-order valence-corrected chi connectivity index (χ4v) is 3.03. The van der Waals surface area contributed by atoms with Crippen LogP contribution in [0.15, 0.2) is 36.7 Å². The van der Waals surface area contributed by atoms with Gasteiger partial charge in [-0.25, -0.2) is 14.4 Å². The number of alkyl carbamates (subject to hydrolysis) is 2. The summed E-state index contributed by atoms with van der Waals surface area (Å²) in [6.07, 6.45) is 6.85. The molecule has 16 nitrogen and oxygen atoms in total. The van der Waals surface area contributed by atoms with Crippen molar-refractivity contribution < 1.29 is 52.8 Å². The molecule has 0 saturated carbocycles. The van der Waals surface area contributed by atoms with Crippen molar-refractivity contribution in [3.8, 4) is 0 Å². The predicted molar refractivity (Wildman–Crippen MR) is 177 cm³/mol. The summed E-state index contributed by atoms with van der Waals surface area (Å²) in [6, 6.07) is 1.58. The van der Waals surface area contributed by atoms with E-state index in [0.717, 1.165) is 6.42 Å². The molecular formula is C32H53N5O11. The summed E-state index contributed by atoms with van der Waals surface area (Å²) in [5, 5.41) is 15.7. The number of hydrogen-bond donors (Lipinski definition) is 5. The molecule has 0 aliphatic rings. The third-order valence-electron chi connectivity index (χ3n) is 5.14. The van der Waals surface area contributed by atoms with Crippen molar-refractivity contribution >= 4 is 36.0 Å². The Morgan fingerprint density at radius 3 is 1.81 bits per heavy atom. The molecule has 16 heteroatoms. The number of rotatable bonds is 13. The minimum atomic E-state index is -0.891. The third-order valence-corrected chi connectivity index (χ3v) is 5.14. The summed E-state index contributed by atoms with van der Waals surface area (Å²) in [4.78, 5) is 71.2. The molecule has 48 heavy (non-hydrogen) atoms. The Labute approximate surface area is 282 Å². The molecule has 6 N–H and O–H groups in total. The van der Waals surface area contributed by atoms with E-state index in [1.807, 2.05) is 13.0 Å². The molecule has 2 atom stereocenters. The normalized spacial score (nSPS) is 12.0. The summed E-state index contributed by atoms with van der Waals surface area (Å²) < 4.78 is 19.2. The topological polar surface area (TPSA) is 235 Å². The molecular weight excluding hydrogens is 630 g/mol. The molecule has 0 fully saturated rings. The standard InChI is InChI=1S/C16H23N3O5.C10H20N2O4.C6H10O2/c1-16(2,3)24-15(22)18-9-7-12(14(21)23-4)19-13(20)11-6-5-8-17-10-11;1-10(2,3)16-9(14)12-6-5-7(11)8(13)15-4;1-2-3-4-5-6(7)8/h5-6,8,10,12H,7,9H2,1-4H3,(H,18,22)(H,19,20);7H,5-6,11H2,1-4H3,(H,12,14);3-4H,2,5H2,1H3,(H,7,8)/b;;4-3-. The zero-order valence-electron chi connectivity index (χ0n) is 29.4. The first-order chi connectivity index (χ1) is 22.3. The minimum Gasteiger partial charge on any atom is -0.481 e. The second kappa shape index (κ2) is 24.4. The van der Waals surface area contributed by atoms with Crippen molar-refractivity contribution in [2.45, 2.75) is 97.4 Å². The van der Waals surface area contributed by atoms with Gasteiger partial charge in [-0.05, 0) is 72.9 Å². The van der Waals surface area contributed by atoms with E-state index in [4.69, 9.17) is 20.3 Å². The van der Waals surface area contributed by atoms with Gasteiger partial charge in [0.15, 0.2) is 0 Å². The number of esters is 2. The number of amides is 3. The van der Waals surface area contributed by atoms with Crippen molar-refractivity contribution in [2.24, 2.45) is 5.73 Å². The number of carbonyl (C=O) groups is 6. The summed E-state index contributed by atoms with van der Waals surface area (Å²) in [6.45, 7) is 12.9. The van der Waals surface area contributed by atoms with E-state index in [1.165, 1.54) is 20.4 Å². The van der Waals surface area contributed by atoms with Gasteiger partial charge in [-0.1, -0.05) is 19.1 Å². The first-order valence-electron chi connectivity index (χ1n) is 15.2. The lowest BCUT2D eigenvalue weighted by atomic mass is 10.2. The van der Waals surface area contributed by atoms with Crippen molar-refractivity contribution in [3.63, 3.8) is 0 Å². The molecule has 0 aliphatic heterocycles. The van der Waals surface area contributed by atoms with Crippen LogP contribution in [-0.4, -0.2) is 96.7 Å². The molecule has 0 radical (unpaired) electrons. The molecule has 1 aromatic heterocycles. The average molecular weight is 684 g/mol. The maximum Gasteiger partial charge on any atom is 0.407 e. The van der Waals surface area contributed by atoms with Gasteiger partial charge < -0.3 is 45.7 Å². The molecule has 2 unspecified atom stereocenters. The molecule has 3 amide bonds. The molecule has 0 aromatic carbocycles. The van der Waals surface area contributed by atoms with Gasteiger partial charge in [0.1, 0.15) is 23.3 Å². The summed E-state index contributed by atoms with van der Waals surface area (Å²) in [7, 11) is 2.50. The highest BCUT2D eigenvalue weighted by Gasteiger charge is 2.23. The van der Waals surface area contributed by atoms with Crippen LogP contribution in [0.2, 0.25) is 0 Å². The van der Waals surface area contributed by atoms with Crippen LogP contribution in [0.4, 0.5) is 9.59 Å². The first kappa shape index (κ1) is 45.4. The lowest BCUT2D eigenvalue weighted by molar-refractivity contribution is -0.143. The van der Waals surface area contributed by atoms with Gasteiger partial charge >= 0.3 is 30.1 Å². The number of nitrogens with one attached hydrogen (secondary N) is 3. The number of methoxy groups -OCH3 is 2. The number of nitrogens with zero attached hydrogens (tertiary/aromatic N) is 1. The quantitative estimate of drug-likeness (QED) is 0.114. The lowest BCUT2D eigenvalue weighted by Gasteiger charge is -2.20. The Bertz CT molecular complexity index is 1160. The Kier molecular flexibility index (Phi) is 23.1. The maximum atomic E-state index is 12.1. The number of carboxylic acid groups (broad SMARTS) is 1. The van der Waals surface area contributed by atoms with Crippen LogP contribution in [0.5, 0.6) is 0 Å². The van der Waals surface area contributed by atoms with E-state index in [1.54, 1.807) is 65.9 Å². The maximum absolute atomic E-state index is 12.1. The highest BCUT2D eigenvalue weighted by atomic mass is 16.6. The molecule has 0 bridgehead atoms. The van der Waals surface area contributed by atoms with Gasteiger partial charge in [0.2, 0.25) is 0 Å². The Hall–Kier alpha value is -4.73. The summed E-state index contributed by atoms with van der Waals surface area (Å²) >= 11 is 0. The van der Waals surface area contributed by atoms with E-state index >= 15 is 0 Å². The van der Waals surface area contributed by atoms with Gasteiger partial charge in [0, 0.05) is 25.5 Å². The van der Waals surface area contributed by atoms with Gasteiger partial charge in [-0.2, -0.15) is 0 Å². The Balaban J connectivity index is 0. The Morgan fingerprint density at radius 1 is 0.875 bits per heavy atom. The number of allylic oxidation sites excluding steroid dienone is 1. The Morgan fingerprint density at radius 2 is 1.40 bits per heavy atom. The van der Waals surface area contributed by atoms with Crippen LogP contribution < -0.4 is 21.7 Å². The van der Waals surface area contributed by atoms with E-state index in [9.17, 15) is 28.8 Å². The van der Waals surface area contributed by atoms with Crippen LogP contribution in [-0.2, 0) is 33.3 Å². The van der Waals surface area contributed by atoms with Gasteiger partial charge in [-0.15, -0.1) is 0 Å². The lowest BCUT2D eigenvalue weighted by Crippen LogP contribution is -2.44. The van der Waals surface area contributed by atoms with E-state index in [-0.39, 0.29) is 25.9 Å². The molecule has 1 aromatic rings. The number of nitrogens with two attached hydrogens (primary N) is 1. The largest absolute Gasteiger partial charge is 0.481 e. The van der Waals surface area contributed by atoms with Gasteiger partial charge in [0.05, 0.1) is 26.2 Å². The van der Waals surface area contributed by atoms with Crippen LogP contribution in [0.3, 0.4) is 0 Å². The third kappa shape index (κ3) is 26.5. The number of carboxylic acids is 1. The van der Waals surface area contributed by atoms with Crippen molar-refractivity contribution in [3.05, 3.63) is 42.2 Å². The van der Waals surface area contributed by atoms with Crippen molar-refractivity contribution in [1.82, 2.24) is 20.9 Å². The summed E-state index contributed by atoms with van der Waals surface area (Å²) in [5.41, 5.74) is 4.66. The molecule has 0 saturated heterocycles. The second-order valence-electron chi connectivity index (χ2n) is 11.8. The highest BCUT2D eigenvalue weighted by Crippen LogP contribution is 2.07. The van der Waals surface area contributed by atoms with Crippen LogP contribution >= 0.6 is 0 Å². The first-order valence-corrected chi connectivity index (χ1v) is 15.2. The molecule has 0 aliphatic carbocycles. The van der Waals surface area contributed by atoms with Gasteiger partial charge in [-0.3, -0.25) is 19.4 Å². The number of carbonyl (C=O) groups excluding carboxylic acids is 5. The van der Waals surface area contributed by atoms with E-state index in [2.05, 4.69) is 30.4 Å². The summed E-state index contributed by atoms with van der Waals surface area (Å²) in [5.74, 6) is -2.31. The smallest absolute Gasteiger partial charge is 0.407 e. The van der Waals surface area contributed by atoms with Crippen LogP contribution in [0.1, 0.15) is 84.5 Å². The van der Waals surface area contributed by atoms with Crippen LogP contribution in [0, 0.1) is 0 Å². The molecule has 1 rings (SSSR count). The number of aromatic nitrogens is 1.